The number of nitrogens with zero attached hydrogens (tertiary/aromatic N) is 1. The van der Waals surface area contributed by atoms with Crippen LogP contribution in [0.1, 0.15) is 37.7 Å². The molecule has 2 bridgehead atoms. The van der Waals surface area contributed by atoms with Crippen molar-refractivity contribution in [2.75, 3.05) is 0 Å². The van der Waals surface area contributed by atoms with Crippen LogP contribution in [0.4, 0.5) is 0 Å². The number of hydrogen-bond donors (Lipinski definition) is 1. The zero-order valence-corrected chi connectivity index (χ0v) is 10.4. The van der Waals surface area contributed by atoms with E-state index >= 15 is 0 Å². The monoisotopic (exact) mass is 249 g/mol. The van der Waals surface area contributed by atoms with Crippen LogP contribution in [0.3, 0.4) is 0 Å². The number of carboxylic acid groups (broad SMARTS) is 1. The summed E-state index contributed by atoms with van der Waals surface area (Å²) in [7, 11) is 0. The lowest BCUT2D eigenvalue weighted by Gasteiger charge is -2.38. The molecule has 98 valence electrons. The van der Waals surface area contributed by atoms with Gasteiger partial charge in [-0.1, -0.05) is 0 Å². The molecule has 0 spiro atoms. The van der Waals surface area contributed by atoms with Crippen molar-refractivity contribution >= 4 is 5.97 Å². The molecule has 0 aliphatic carbocycles. The van der Waals surface area contributed by atoms with Crippen LogP contribution in [0, 0.1) is 5.92 Å². The van der Waals surface area contributed by atoms with Crippen molar-refractivity contribution in [3.63, 3.8) is 0 Å². The number of rotatable bonds is 4. The average molecular weight is 249 g/mol. The molecule has 4 heteroatoms. The van der Waals surface area contributed by atoms with Gasteiger partial charge in [-0.25, -0.2) is 0 Å². The lowest BCUT2D eigenvalue weighted by atomic mass is 9.88. The molecule has 3 rings (SSSR count). The molecule has 2 unspecified atom stereocenters. The third-order valence-electron chi connectivity index (χ3n) is 4.39. The smallest absolute Gasteiger partial charge is 0.303 e. The van der Waals surface area contributed by atoms with E-state index in [1.54, 1.807) is 6.26 Å². The minimum atomic E-state index is -0.650. The Morgan fingerprint density at radius 1 is 1.39 bits per heavy atom. The maximum absolute atomic E-state index is 10.8. The molecular formula is C14H19NO3. The predicted molar refractivity (Wildman–Crippen MR) is 66.0 cm³/mol. The van der Waals surface area contributed by atoms with E-state index in [0.29, 0.717) is 24.4 Å². The van der Waals surface area contributed by atoms with Gasteiger partial charge in [0.05, 0.1) is 12.5 Å². The van der Waals surface area contributed by atoms with Crippen LogP contribution in [0.25, 0.3) is 0 Å². The minimum absolute atomic E-state index is 0.340. The molecule has 0 aromatic carbocycles. The van der Waals surface area contributed by atoms with Gasteiger partial charge in [-0.2, -0.15) is 0 Å². The summed E-state index contributed by atoms with van der Waals surface area (Å²) in [5.74, 6) is -0.275. The van der Waals surface area contributed by atoms with Gasteiger partial charge in [-0.05, 0) is 37.7 Å². The predicted octanol–water partition coefficient (Wildman–Crippen LogP) is 2.50. The Hall–Kier alpha value is -1.29. The molecule has 1 N–H and O–H groups in total. The molecule has 1 aromatic rings. The summed E-state index contributed by atoms with van der Waals surface area (Å²) in [6.07, 6.45) is 8.39. The molecule has 2 atom stereocenters. The van der Waals surface area contributed by atoms with Crippen LogP contribution in [-0.2, 0) is 11.3 Å². The Bertz CT molecular complexity index is 401. The summed E-state index contributed by atoms with van der Waals surface area (Å²) in [5, 5.41) is 8.91. The lowest BCUT2D eigenvalue weighted by Crippen LogP contribution is -2.42. The molecule has 2 saturated heterocycles. The van der Waals surface area contributed by atoms with Crippen LogP contribution in [-0.4, -0.2) is 28.1 Å². The Morgan fingerprint density at radius 2 is 2.11 bits per heavy atom. The molecule has 4 nitrogen and oxygen atoms in total. The fourth-order valence-electron chi connectivity index (χ4n) is 3.65. The van der Waals surface area contributed by atoms with Crippen molar-refractivity contribution in [2.45, 2.75) is 50.7 Å². The third kappa shape index (κ3) is 2.29. The Balaban J connectivity index is 1.64. The topological polar surface area (TPSA) is 53.7 Å². The third-order valence-corrected chi connectivity index (χ3v) is 4.39. The van der Waals surface area contributed by atoms with Crippen molar-refractivity contribution < 1.29 is 14.3 Å². The molecule has 0 amide bonds. The summed E-state index contributed by atoms with van der Waals surface area (Å²) < 4.78 is 5.12. The van der Waals surface area contributed by atoms with Crippen LogP contribution in [0.5, 0.6) is 0 Å². The number of carboxylic acids is 1. The SMILES string of the molecule is O=C(O)CC1CC2CCC(C1)N2Cc1ccoc1. The summed E-state index contributed by atoms with van der Waals surface area (Å²) >= 11 is 0. The fraction of sp³-hybridized carbons (Fsp3) is 0.643. The Morgan fingerprint density at radius 3 is 2.67 bits per heavy atom. The largest absolute Gasteiger partial charge is 0.481 e. The number of aliphatic carboxylic acids is 1. The number of carbonyl (C=O) groups is 1. The Kier molecular flexibility index (Phi) is 3.12. The lowest BCUT2D eigenvalue weighted by molar-refractivity contribution is -0.138. The second-order valence-corrected chi connectivity index (χ2v) is 5.62. The van der Waals surface area contributed by atoms with Gasteiger partial charge in [0.1, 0.15) is 0 Å². The van der Waals surface area contributed by atoms with E-state index < -0.39 is 5.97 Å². The van der Waals surface area contributed by atoms with Crippen LogP contribution in [0.15, 0.2) is 23.0 Å². The molecule has 0 saturated carbocycles. The second-order valence-electron chi connectivity index (χ2n) is 5.62. The highest BCUT2D eigenvalue weighted by molar-refractivity contribution is 5.67. The molecule has 3 heterocycles. The summed E-state index contributed by atoms with van der Waals surface area (Å²) in [5.41, 5.74) is 1.23. The summed E-state index contributed by atoms with van der Waals surface area (Å²) in [6.45, 7) is 0.950. The highest BCUT2D eigenvalue weighted by Gasteiger charge is 2.40. The average Bonchev–Trinajstić information content (AvgIpc) is 2.88. The molecule has 1 aromatic heterocycles. The zero-order chi connectivity index (χ0) is 12.5. The first kappa shape index (κ1) is 11.8. The van der Waals surface area contributed by atoms with E-state index in [2.05, 4.69) is 4.90 Å². The van der Waals surface area contributed by atoms with Gasteiger partial charge in [0.25, 0.3) is 0 Å². The highest BCUT2D eigenvalue weighted by atomic mass is 16.4. The van der Waals surface area contributed by atoms with E-state index in [0.717, 1.165) is 19.4 Å². The van der Waals surface area contributed by atoms with Crippen LogP contribution in [0.2, 0.25) is 0 Å². The van der Waals surface area contributed by atoms with E-state index in [-0.39, 0.29) is 0 Å². The number of piperidine rings is 1. The number of hydrogen-bond acceptors (Lipinski definition) is 3. The van der Waals surface area contributed by atoms with Crippen LogP contribution < -0.4 is 0 Å². The maximum Gasteiger partial charge on any atom is 0.303 e. The summed E-state index contributed by atoms with van der Waals surface area (Å²) in [4.78, 5) is 13.4. The van der Waals surface area contributed by atoms with Gasteiger partial charge < -0.3 is 9.52 Å². The van der Waals surface area contributed by atoms with E-state index in [1.165, 1.54) is 18.4 Å². The highest BCUT2D eigenvalue weighted by Crippen LogP contribution is 2.40. The molecule has 0 radical (unpaired) electrons. The number of furan rings is 1. The Labute approximate surface area is 107 Å². The normalized spacial score (nSPS) is 31.7. The van der Waals surface area contributed by atoms with Gasteiger partial charge in [-0.3, -0.25) is 9.69 Å². The molecule has 2 aliphatic rings. The van der Waals surface area contributed by atoms with Crippen LogP contribution >= 0.6 is 0 Å². The van der Waals surface area contributed by atoms with Gasteiger partial charge >= 0.3 is 5.97 Å². The number of fused-ring (bicyclic) bond motifs is 2. The van der Waals surface area contributed by atoms with Crippen molar-refractivity contribution in [1.29, 1.82) is 0 Å². The second kappa shape index (κ2) is 4.76. The quantitative estimate of drug-likeness (QED) is 0.890. The standard InChI is InChI=1S/C14H19NO3/c16-14(17)7-11-5-12-1-2-13(6-11)15(12)8-10-3-4-18-9-10/h3-4,9,11-13H,1-2,5-8H2,(H,16,17). The van der Waals surface area contributed by atoms with E-state index in [9.17, 15) is 4.79 Å². The van der Waals surface area contributed by atoms with Crippen molar-refractivity contribution in [3.8, 4) is 0 Å². The van der Waals surface area contributed by atoms with E-state index in [4.69, 9.17) is 9.52 Å². The molecule has 18 heavy (non-hydrogen) atoms. The minimum Gasteiger partial charge on any atom is -0.481 e. The van der Waals surface area contributed by atoms with Crippen molar-refractivity contribution in [1.82, 2.24) is 4.90 Å². The first-order valence-electron chi connectivity index (χ1n) is 6.71. The van der Waals surface area contributed by atoms with Crippen molar-refractivity contribution in [3.05, 3.63) is 24.2 Å². The summed E-state index contributed by atoms with van der Waals surface area (Å²) in [6, 6.07) is 3.16. The van der Waals surface area contributed by atoms with Crippen molar-refractivity contribution in [2.24, 2.45) is 5.92 Å². The fourth-order valence-corrected chi connectivity index (χ4v) is 3.65. The maximum atomic E-state index is 10.8. The van der Waals surface area contributed by atoms with Gasteiger partial charge in [-0.15, -0.1) is 0 Å². The van der Waals surface area contributed by atoms with E-state index in [1.807, 2.05) is 12.3 Å². The molecule has 2 aliphatic heterocycles. The van der Waals surface area contributed by atoms with Gasteiger partial charge in [0.2, 0.25) is 0 Å². The molecular weight excluding hydrogens is 230 g/mol. The van der Waals surface area contributed by atoms with Gasteiger partial charge in [0.15, 0.2) is 0 Å². The zero-order valence-electron chi connectivity index (χ0n) is 10.4. The first-order chi connectivity index (χ1) is 8.72. The van der Waals surface area contributed by atoms with Gasteiger partial charge in [0, 0.05) is 30.6 Å². The molecule has 2 fully saturated rings. The first-order valence-corrected chi connectivity index (χ1v) is 6.71.